The van der Waals surface area contributed by atoms with Crippen molar-refractivity contribution in [3.63, 3.8) is 0 Å². The molecule has 2 aromatic rings. The van der Waals surface area contributed by atoms with Crippen LogP contribution in [0.1, 0.15) is 32.7 Å². The van der Waals surface area contributed by atoms with E-state index in [0.717, 1.165) is 5.56 Å². The van der Waals surface area contributed by atoms with E-state index in [-0.39, 0.29) is 23.9 Å². The van der Waals surface area contributed by atoms with E-state index in [1.807, 2.05) is 51.1 Å². The quantitative estimate of drug-likeness (QED) is 0.907. The summed E-state index contributed by atoms with van der Waals surface area (Å²) in [6, 6.07) is 9.46. The maximum atomic E-state index is 6.07. The Morgan fingerprint density at radius 3 is 2.33 bits per heavy atom. The second kappa shape index (κ2) is 5.50. The van der Waals surface area contributed by atoms with Gasteiger partial charge >= 0.3 is 0 Å². The van der Waals surface area contributed by atoms with Crippen LogP contribution in [0.2, 0.25) is 0 Å². The molecule has 1 unspecified atom stereocenters. The minimum absolute atomic E-state index is 0. The lowest BCUT2D eigenvalue weighted by atomic mass is 9.87. The molecule has 0 aliphatic rings. The van der Waals surface area contributed by atoms with Gasteiger partial charge in [0.15, 0.2) is 0 Å². The Bertz CT molecular complexity index is 490. The fourth-order valence-corrected chi connectivity index (χ4v) is 1.44. The molecular weight excluding hydrogens is 250 g/mol. The predicted molar refractivity (Wildman–Crippen MR) is 73.4 cm³/mol. The van der Waals surface area contributed by atoms with Crippen molar-refractivity contribution in [2.75, 3.05) is 0 Å². The standard InChI is InChI=1S/C13H17N3O.ClH/c1-13(2,3)10(14)12-15-11(16-17-12)9-7-5-4-6-8-9;/h4-8,10H,14H2,1-3H3;1H. The fourth-order valence-electron chi connectivity index (χ4n) is 1.44. The highest BCUT2D eigenvalue weighted by Crippen LogP contribution is 2.30. The average molecular weight is 268 g/mol. The largest absolute Gasteiger partial charge is 0.337 e. The van der Waals surface area contributed by atoms with Crippen LogP contribution in [0.15, 0.2) is 34.9 Å². The van der Waals surface area contributed by atoms with Gasteiger partial charge in [0.05, 0.1) is 6.04 Å². The molecule has 2 rings (SSSR count). The van der Waals surface area contributed by atoms with Crippen LogP contribution in [0.4, 0.5) is 0 Å². The zero-order valence-corrected chi connectivity index (χ0v) is 11.6. The Balaban J connectivity index is 0.00000162. The summed E-state index contributed by atoms with van der Waals surface area (Å²) >= 11 is 0. The van der Waals surface area contributed by atoms with Gasteiger partial charge in [0.1, 0.15) is 0 Å². The van der Waals surface area contributed by atoms with Crippen LogP contribution in [0.5, 0.6) is 0 Å². The minimum Gasteiger partial charge on any atom is -0.337 e. The van der Waals surface area contributed by atoms with Crippen molar-refractivity contribution in [1.82, 2.24) is 10.1 Å². The van der Waals surface area contributed by atoms with E-state index in [0.29, 0.717) is 11.7 Å². The molecule has 0 aliphatic heterocycles. The summed E-state index contributed by atoms with van der Waals surface area (Å²) in [7, 11) is 0. The van der Waals surface area contributed by atoms with Gasteiger partial charge in [-0.05, 0) is 5.41 Å². The number of aromatic nitrogens is 2. The van der Waals surface area contributed by atoms with Gasteiger partial charge < -0.3 is 10.3 Å². The van der Waals surface area contributed by atoms with Gasteiger partial charge in [-0.1, -0.05) is 56.3 Å². The van der Waals surface area contributed by atoms with Gasteiger partial charge in [-0.15, -0.1) is 12.4 Å². The lowest BCUT2D eigenvalue weighted by Crippen LogP contribution is -2.26. The van der Waals surface area contributed by atoms with Crippen LogP contribution in [0.25, 0.3) is 11.4 Å². The molecule has 0 spiro atoms. The number of hydrogen-bond donors (Lipinski definition) is 1. The van der Waals surface area contributed by atoms with Gasteiger partial charge in [-0.2, -0.15) is 4.98 Å². The van der Waals surface area contributed by atoms with Gasteiger partial charge in [-0.25, -0.2) is 0 Å². The number of hydrogen-bond acceptors (Lipinski definition) is 4. The first-order chi connectivity index (χ1) is 7.98. The number of nitrogens with zero attached hydrogens (tertiary/aromatic N) is 2. The van der Waals surface area contributed by atoms with Crippen molar-refractivity contribution in [2.45, 2.75) is 26.8 Å². The topological polar surface area (TPSA) is 64.9 Å². The molecule has 0 fully saturated rings. The first-order valence-corrected chi connectivity index (χ1v) is 5.63. The maximum Gasteiger partial charge on any atom is 0.244 e. The Kier molecular flexibility index (Phi) is 4.48. The monoisotopic (exact) mass is 267 g/mol. The molecule has 18 heavy (non-hydrogen) atoms. The Labute approximate surface area is 113 Å². The van der Waals surface area contributed by atoms with Crippen molar-refractivity contribution in [3.05, 3.63) is 36.2 Å². The summed E-state index contributed by atoms with van der Waals surface area (Å²) in [6.45, 7) is 6.14. The summed E-state index contributed by atoms with van der Waals surface area (Å²) in [5, 5.41) is 3.95. The molecule has 0 saturated carbocycles. The van der Waals surface area contributed by atoms with Crippen LogP contribution in [-0.2, 0) is 0 Å². The summed E-state index contributed by atoms with van der Waals surface area (Å²) in [5.41, 5.74) is 6.90. The molecule has 1 heterocycles. The predicted octanol–water partition coefficient (Wildman–Crippen LogP) is 3.20. The Morgan fingerprint density at radius 2 is 1.78 bits per heavy atom. The lowest BCUT2D eigenvalue weighted by Gasteiger charge is -2.23. The van der Waals surface area contributed by atoms with Crippen LogP contribution in [-0.4, -0.2) is 10.1 Å². The van der Waals surface area contributed by atoms with E-state index in [9.17, 15) is 0 Å². The SMILES string of the molecule is CC(C)(C)C(N)c1nc(-c2ccccc2)no1.Cl. The molecule has 0 radical (unpaired) electrons. The number of benzene rings is 1. The molecule has 1 aromatic heterocycles. The highest BCUT2D eigenvalue weighted by Gasteiger charge is 2.27. The third-order valence-electron chi connectivity index (χ3n) is 2.67. The van der Waals surface area contributed by atoms with Crippen LogP contribution >= 0.6 is 12.4 Å². The summed E-state index contributed by atoms with van der Waals surface area (Å²) < 4.78 is 5.22. The molecule has 0 amide bonds. The molecule has 2 N–H and O–H groups in total. The summed E-state index contributed by atoms with van der Waals surface area (Å²) in [5.74, 6) is 1.07. The van der Waals surface area contributed by atoms with Gasteiger partial charge in [0, 0.05) is 5.56 Å². The molecule has 0 aliphatic carbocycles. The van der Waals surface area contributed by atoms with E-state index in [2.05, 4.69) is 10.1 Å². The van der Waals surface area contributed by atoms with Crippen LogP contribution < -0.4 is 5.73 Å². The van der Waals surface area contributed by atoms with Crippen LogP contribution in [0, 0.1) is 5.41 Å². The molecule has 1 aromatic carbocycles. The third-order valence-corrected chi connectivity index (χ3v) is 2.67. The minimum atomic E-state index is -0.257. The van der Waals surface area contributed by atoms with Crippen molar-refractivity contribution in [1.29, 1.82) is 0 Å². The van der Waals surface area contributed by atoms with Crippen molar-refractivity contribution in [3.8, 4) is 11.4 Å². The summed E-state index contributed by atoms with van der Waals surface area (Å²) in [6.07, 6.45) is 0. The fraction of sp³-hybridized carbons (Fsp3) is 0.385. The van der Waals surface area contributed by atoms with Crippen molar-refractivity contribution in [2.24, 2.45) is 11.1 Å². The van der Waals surface area contributed by atoms with Gasteiger partial charge in [0.2, 0.25) is 11.7 Å². The lowest BCUT2D eigenvalue weighted by molar-refractivity contribution is 0.253. The number of nitrogens with two attached hydrogens (primary N) is 1. The zero-order chi connectivity index (χ0) is 12.5. The molecular formula is C13H18ClN3O. The van der Waals surface area contributed by atoms with Crippen molar-refractivity contribution < 1.29 is 4.52 Å². The number of halogens is 1. The Morgan fingerprint density at radius 1 is 1.17 bits per heavy atom. The van der Waals surface area contributed by atoms with Crippen molar-refractivity contribution >= 4 is 12.4 Å². The van der Waals surface area contributed by atoms with E-state index >= 15 is 0 Å². The number of rotatable bonds is 2. The first-order valence-electron chi connectivity index (χ1n) is 5.63. The van der Waals surface area contributed by atoms with E-state index < -0.39 is 0 Å². The van der Waals surface area contributed by atoms with E-state index in [4.69, 9.17) is 10.3 Å². The molecule has 0 bridgehead atoms. The van der Waals surface area contributed by atoms with Gasteiger partial charge in [-0.3, -0.25) is 0 Å². The third kappa shape index (κ3) is 3.09. The highest BCUT2D eigenvalue weighted by atomic mass is 35.5. The average Bonchev–Trinajstić information content (AvgIpc) is 2.77. The smallest absolute Gasteiger partial charge is 0.244 e. The molecule has 98 valence electrons. The highest BCUT2D eigenvalue weighted by molar-refractivity contribution is 5.85. The Hall–Kier alpha value is -1.39. The zero-order valence-electron chi connectivity index (χ0n) is 10.8. The van der Waals surface area contributed by atoms with E-state index in [1.165, 1.54) is 0 Å². The second-order valence-electron chi connectivity index (χ2n) is 5.17. The second-order valence-corrected chi connectivity index (χ2v) is 5.17. The first kappa shape index (κ1) is 14.7. The van der Waals surface area contributed by atoms with Gasteiger partial charge in [0.25, 0.3) is 0 Å². The molecule has 0 saturated heterocycles. The summed E-state index contributed by atoms with van der Waals surface area (Å²) in [4.78, 5) is 4.34. The van der Waals surface area contributed by atoms with Crippen LogP contribution in [0.3, 0.4) is 0 Å². The molecule has 4 nitrogen and oxygen atoms in total. The van der Waals surface area contributed by atoms with E-state index in [1.54, 1.807) is 0 Å². The molecule has 1 atom stereocenters. The molecule has 5 heteroatoms. The maximum absolute atomic E-state index is 6.07. The normalized spacial score (nSPS) is 12.9.